The summed E-state index contributed by atoms with van der Waals surface area (Å²) in [4.78, 5) is 47.3. The third kappa shape index (κ3) is 10.8. The molecule has 0 spiro atoms. The minimum Gasteiger partial charge on any atom is -0.410 e. The van der Waals surface area contributed by atoms with Crippen LogP contribution in [0.25, 0.3) is 0 Å². The standard InChI is InChI=1S/C30H42N2O8/c1-3-5-7-12-18-37-39-20-16-24-22-26(30(34)29(33)23-14-10-9-11-15-23)28(32-36)27(31-35)25(24)17-21-40-38-19-13-8-6-4-2/h9-11,14-15,22,35-36H,3-8,12-13,16-21H2,1-2H3. The van der Waals surface area contributed by atoms with Gasteiger partial charge in [0.25, 0.3) is 0 Å². The summed E-state index contributed by atoms with van der Waals surface area (Å²) < 4.78 is 0. The summed E-state index contributed by atoms with van der Waals surface area (Å²) in [6, 6.07) is 8.06. The molecule has 10 nitrogen and oxygen atoms in total. The lowest BCUT2D eigenvalue weighted by atomic mass is 9.83. The van der Waals surface area contributed by atoms with Gasteiger partial charge < -0.3 is 10.4 Å². The molecule has 1 aromatic carbocycles. The number of oxime groups is 2. The Kier molecular flexibility index (Phi) is 16.4. The third-order valence-electron chi connectivity index (χ3n) is 6.38. The number of benzene rings is 1. The molecule has 40 heavy (non-hydrogen) atoms. The van der Waals surface area contributed by atoms with Gasteiger partial charge in [0, 0.05) is 12.0 Å². The quantitative estimate of drug-likeness (QED) is 0.0348. The average Bonchev–Trinajstić information content (AvgIpc) is 2.99. The van der Waals surface area contributed by atoms with Crippen molar-refractivity contribution in [2.24, 2.45) is 10.3 Å². The van der Waals surface area contributed by atoms with E-state index in [-0.39, 0.29) is 48.6 Å². The summed E-state index contributed by atoms with van der Waals surface area (Å²) in [5.74, 6) is -1.67. The largest absolute Gasteiger partial charge is 0.410 e. The Bertz CT molecular complexity index is 1050. The lowest BCUT2D eigenvalue weighted by Crippen LogP contribution is -2.32. The molecule has 0 saturated heterocycles. The molecule has 0 aromatic heterocycles. The minimum atomic E-state index is -0.892. The first-order valence-electron chi connectivity index (χ1n) is 14.1. The van der Waals surface area contributed by atoms with Crippen LogP contribution in [-0.2, 0) is 24.3 Å². The average molecular weight is 559 g/mol. The lowest BCUT2D eigenvalue weighted by Gasteiger charge is -2.21. The lowest BCUT2D eigenvalue weighted by molar-refractivity contribution is -0.294. The van der Waals surface area contributed by atoms with Crippen LogP contribution in [-0.4, -0.2) is 59.8 Å². The highest BCUT2D eigenvalue weighted by Gasteiger charge is 2.34. The second-order valence-electron chi connectivity index (χ2n) is 9.39. The fourth-order valence-corrected chi connectivity index (χ4v) is 4.19. The van der Waals surface area contributed by atoms with E-state index in [1.54, 1.807) is 18.2 Å². The molecule has 10 heteroatoms. The van der Waals surface area contributed by atoms with Crippen LogP contribution >= 0.6 is 0 Å². The molecule has 0 fully saturated rings. The van der Waals surface area contributed by atoms with Gasteiger partial charge in [-0.25, -0.2) is 19.6 Å². The number of ketones is 2. The van der Waals surface area contributed by atoms with E-state index < -0.39 is 11.6 Å². The topological polar surface area (TPSA) is 136 Å². The fourth-order valence-electron chi connectivity index (χ4n) is 4.19. The number of carbonyl (C=O) groups excluding carboxylic acids is 2. The Morgan fingerprint density at radius 2 is 1.23 bits per heavy atom. The number of hydrogen-bond acceptors (Lipinski definition) is 10. The van der Waals surface area contributed by atoms with Crippen LogP contribution in [0.2, 0.25) is 0 Å². The summed E-state index contributed by atoms with van der Waals surface area (Å²) in [6.07, 6.45) is 10.4. The van der Waals surface area contributed by atoms with Crippen molar-refractivity contribution in [2.45, 2.75) is 78.1 Å². The van der Waals surface area contributed by atoms with Crippen molar-refractivity contribution in [1.29, 1.82) is 0 Å². The molecule has 1 aliphatic carbocycles. The first-order chi connectivity index (χ1) is 19.6. The van der Waals surface area contributed by atoms with Crippen LogP contribution in [0.1, 0.15) is 88.4 Å². The Balaban J connectivity index is 2.19. The van der Waals surface area contributed by atoms with Gasteiger partial charge >= 0.3 is 0 Å². The van der Waals surface area contributed by atoms with Gasteiger partial charge in [-0.1, -0.05) is 93.0 Å². The van der Waals surface area contributed by atoms with Gasteiger partial charge in [-0.05, 0) is 36.5 Å². The predicted molar refractivity (Wildman–Crippen MR) is 151 cm³/mol. The van der Waals surface area contributed by atoms with E-state index in [2.05, 4.69) is 24.2 Å². The zero-order valence-corrected chi connectivity index (χ0v) is 23.6. The summed E-state index contributed by atoms with van der Waals surface area (Å²) in [5, 5.41) is 26.2. The molecule has 0 bridgehead atoms. The number of unbranched alkanes of at least 4 members (excludes halogenated alkanes) is 6. The molecule has 220 valence electrons. The van der Waals surface area contributed by atoms with E-state index in [0.29, 0.717) is 24.4 Å². The SMILES string of the molecule is CCCCCCOOCCC1=C(CCOOCCCCCC)C(=NO)C(=NO)C(C(=O)C(=O)c2ccccc2)=C1. The maximum atomic E-state index is 13.2. The highest BCUT2D eigenvalue weighted by atomic mass is 17.2. The van der Waals surface area contributed by atoms with E-state index in [0.717, 1.165) is 51.4 Å². The number of Topliss-reactive ketones (excluding diaryl/α,β-unsaturated/α-hetero) is 2. The van der Waals surface area contributed by atoms with Gasteiger partial charge in [-0.15, -0.1) is 0 Å². The van der Waals surface area contributed by atoms with Gasteiger partial charge in [0.05, 0.1) is 32.0 Å². The maximum Gasteiger partial charge on any atom is 0.235 e. The first kappa shape index (κ1) is 33.0. The number of rotatable bonds is 21. The molecule has 0 aliphatic heterocycles. The summed E-state index contributed by atoms with van der Waals surface area (Å²) >= 11 is 0. The second-order valence-corrected chi connectivity index (χ2v) is 9.39. The number of allylic oxidation sites excluding steroid dienone is 2. The highest BCUT2D eigenvalue weighted by Crippen LogP contribution is 2.27. The molecule has 0 unspecified atom stereocenters. The Hall–Kier alpha value is -3.18. The van der Waals surface area contributed by atoms with Crippen LogP contribution in [0.3, 0.4) is 0 Å². The molecule has 2 N–H and O–H groups in total. The van der Waals surface area contributed by atoms with Crippen LogP contribution in [0.5, 0.6) is 0 Å². The van der Waals surface area contributed by atoms with Crippen LogP contribution in [0.15, 0.2) is 63.4 Å². The van der Waals surface area contributed by atoms with Crippen molar-refractivity contribution in [1.82, 2.24) is 0 Å². The number of hydrogen-bond donors (Lipinski definition) is 2. The predicted octanol–water partition coefficient (Wildman–Crippen LogP) is 6.17. The van der Waals surface area contributed by atoms with Crippen molar-refractivity contribution in [2.75, 3.05) is 26.4 Å². The zero-order chi connectivity index (χ0) is 29.0. The highest BCUT2D eigenvalue weighted by molar-refractivity contribution is 6.66. The van der Waals surface area contributed by atoms with Gasteiger partial charge in [0.1, 0.15) is 11.4 Å². The van der Waals surface area contributed by atoms with E-state index >= 15 is 0 Å². The second kappa shape index (κ2) is 19.8. The summed E-state index contributed by atoms with van der Waals surface area (Å²) in [6.45, 7) is 5.46. The zero-order valence-electron chi connectivity index (χ0n) is 23.6. The van der Waals surface area contributed by atoms with Crippen LogP contribution in [0, 0.1) is 0 Å². The van der Waals surface area contributed by atoms with Crippen molar-refractivity contribution in [3.05, 3.63) is 58.7 Å². The van der Waals surface area contributed by atoms with E-state index in [1.165, 1.54) is 18.2 Å². The molecule has 0 saturated carbocycles. The van der Waals surface area contributed by atoms with Crippen LogP contribution < -0.4 is 0 Å². The monoisotopic (exact) mass is 558 g/mol. The molecule has 0 amide bonds. The summed E-state index contributed by atoms with van der Waals surface area (Å²) in [5.41, 5.74) is 0.608. The van der Waals surface area contributed by atoms with E-state index in [4.69, 9.17) is 19.6 Å². The van der Waals surface area contributed by atoms with Crippen LogP contribution in [0.4, 0.5) is 0 Å². The number of nitrogens with zero attached hydrogens (tertiary/aromatic N) is 2. The fraction of sp³-hybridized carbons (Fsp3) is 0.533. The molecule has 1 aliphatic rings. The Labute approximate surface area is 236 Å². The van der Waals surface area contributed by atoms with Crippen molar-refractivity contribution in [3.8, 4) is 0 Å². The number of carbonyl (C=O) groups is 2. The Morgan fingerprint density at radius 3 is 1.77 bits per heavy atom. The van der Waals surface area contributed by atoms with Crippen molar-refractivity contribution in [3.63, 3.8) is 0 Å². The smallest absolute Gasteiger partial charge is 0.235 e. The molecule has 0 heterocycles. The Morgan fingerprint density at radius 1 is 0.675 bits per heavy atom. The third-order valence-corrected chi connectivity index (χ3v) is 6.38. The molecule has 0 radical (unpaired) electrons. The van der Waals surface area contributed by atoms with E-state index in [9.17, 15) is 20.0 Å². The van der Waals surface area contributed by atoms with Gasteiger partial charge in [0.2, 0.25) is 11.6 Å². The normalized spacial score (nSPS) is 15.6. The molecule has 0 atom stereocenters. The van der Waals surface area contributed by atoms with E-state index in [1.807, 2.05) is 0 Å². The minimum absolute atomic E-state index is 0.124. The molecular formula is C30H42N2O8. The maximum absolute atomic E-state index is 13.2. The first-order valence-corrected chi connectivity index (χ1v) is 14.1. The molecule has 1 aromatic rings. The van der Waals surface area contributed by atoms with Gasteiger partial charge in [-0.3, -0.25) is 9.59 Å². The van der Waals surface area contributed by atoms with Gasteiger partial charge in [-0.2, -0.15) is 0 Å². The molecular weight excluding hydrogens is 516 g/mol. The van der Waals surface area contributed by atoms with Crippen molar-refractivity contribution < 1.29 is 39.6 Å². The summed E-state index contributed by atoms with van der Waals surface area (Å²) in [7, 11) is 0. The van der Waals surface area contributed by atoms with Crippen molar-refractivity contribution >= 4 is 23.0 Å². The van der Waals surface area contributed by atoms with Gasteiger partial charge in [0.15, 0.2) is 0 Å². The molecule has 2 rings (SSSR count).